The van der Waals surface area contributed by atoms with Gasteiger partial charge in [0.25, 0.3) is 0 Å². The zero-order valence-corrected chi connectivity index (χ0v) is 24.3. The van der Waals surface area contributed by atoms with Gasteiger partial charge < -0.3 is 4.90 Å². The zero-order valence-electron chi connectivity index (χ0n) is 24.3. The molecule has 5 aromatic rings. The van der Waals surface area contributed by atoms with Gasteiger partial charge in [-0.15, -0.1) is 0 Å². The van der Waals surface area contributed by atoms with Crippen molar-refractivity contribution in [3.63, 3.8) is 0 Å². The van der Waals surface area contributed by atoms with E-state index in [0.717, 1.165) is 63.3 Å². The van der Waals surface area contributed by atoms with Gasteiger partial charge in [-0.05, 0) is 114 Å². The summed E-state index contributed by atoms with van der Waals surface area (Å²) in [5, 5.41) is 0. The van der Waals surface area contributed by atoms with Crippen molar-refractivity contribution in [2.45, 2.75) is 25.8 Å². The molecule has 2 aliphatic rings. The summed E-state index contributed by atoms with van der Waals surface area (Å²) >= 11 is 0. The van der Waals surface area contributed by atoms with Crippen LogP contribution >= 0.6 is 0 Å². The molecule has 0 N–H and O–H groups in total. The summed E-state index contributed by atoms with van der Waals surface area (Å²) in [6, 6.07) is 43.5. The van der Waals surface area contributed by atoms with E-state index in [1.807, 2.05) is 0 Å². The minimum absolute atomic E-state index is 0.0762. The van der Waals surface area contributed by atoms with Crippen molar-refractivity contribution in [2.75, 3.05) is 4.90 Å². The molecule has 1 aliphatic carbocycles. The summed E-state index contributed by atoms with van der Waals surface area (Å²) in [7, 11) is 0. The van der Waals surface area contributed by atoms with Gasteiger partial charge in [-0.3, -0.25) is 4.99 Å². The molecule has 7 rings (SSSR count). The fourth-order valence-electron chi connectivity index (χ4n) is 6.01. The van der Waals surface area contributed by atoms with E-state index in [2.05, 4.69) is 163 Å². The lowest BCUT2D eigenvalue weighted by atomic mass is 9.98. The van der Waals surface area contributed by atoms with Crippen molar-refractivity contribution in [3.8, 4) is 22.3 Å². The Kier molecular flexibility index (Phi) is 7.14. The number of rotatable bonds is 2. The van der Waals surface area contributed by atoms with Crippen LogP contribution in [0, 0.1) is 0 Å². The van der Waals surface area contributed by atoms with Crippen molar-refractivity contribution in [1.82, 2.24) is 0 Å². The van der Waals surface area contributed by atoms with Gasteiger partial charge in [0.2, 0.25) is 0 Å². The molecule has 1 aliphatic heterocycles. The minimum Gasteiger partial charge on any atom is -0.310 e. The highest BCUT2D eigenvalue weighted by Gasteiger charge is 2.17. The second-order valence-corrected chi connectivity index (χ2v) is 11.1. The predicted octanol–water partition coefficient (Wildman–Crippen LogP) is 10.7. The molecule has 0 spiro atoms. The summed E-state index contributed by atoms with van der Waals surface area (Å²) in [5.41, 5.74) is 12.5. The Labute approximate surface area is 253 Å². The van der Waals surface area contributed by atoms with Crippen LogP contribution in [0.15, 0.2) is 150 Å². The van der Waals surface area contributed by atoms with Gasteiger partial charge in [0.15, 0.2) is 5.84 Å². The summed E-state index contributed by atoms with van der Waals surface area (Å²) in [5.74, 6) is 0.648. The van der Waals surface area contributed by atoms with E-state index in [1.54, 1.807) is 0 Å². The van der Waals surface area contributed by atoms with Crippen molar-refractivity contribution >= 4 is 35.2 Å². The molecule has 3 heteroatoms. The topological polar surface area (TPSA) is 28.0 Å². The standard InChI is InChI=1S/C40H33N3/c1-28-31-12-6-13-32(24-31)34-15-8-18-38(26-34)43(37-22-20-30(21-23-37)29-10-4-3-5-11-29)39-19-9-16-35(27-39)33-14-7-17-36(25-33)40(41-2)42-28/h4,6-28H,2-3,5H2,1H3. The molecule has 0 amide bonds. The number of hydrogen-bond acceptors (Lipinski definition) is 3. The van der Waals surface area contributed by atoms with E-state index in [4.69, 9.17) is 4.99 Å². The van der Waals surface area contributed by atoms with Crippen LogP contribution in [-0.4, -0.2) is 12.6 Å². The lowest BCUT2D eigenvalue weighted by molar-refractivity contribution is 0.819. The first-order chi connectivity index (χ1) is 21.2. The Balaban J connectivity index is 1.43. The Bertz CT molecular complexity index is 1910. The number of hydrogen-bond donors (Lipinski definition) is 0. The van der Waals surface area contributed by atoms with E-state index in [-0.39, 0.29) is 6.04 Å². The molecule has 8 bridgehead atoms. The van der Waals surface area contributed by atoms with Crippen molar-refractivity contribution in [1.29, 1.82) is 0 Å². The zero-order chi connectivity index (χ0) is 29.2. The summed E-state index contributed by atoms with van der Waals surface area (Å²) in [6.45, 7) is 5.97. The Morgan fingerprint density at radius 2 is 1.23 bits per heavy atom. The van der Waals surface area contributed by atoms with Crippen LogP contribution in [0.4, 0.5) is 17.1 Å². The van der Waals surface area contributed by atoms with Crippen LogP contribution in [0.25, 0.3) is 27.8 Å². The van der Waals surface area contributed by atoms with Gasteiger partial charge in [0.05, 0.1) is 6.04 Å². The number of aliphatic imine (C=N–C) groups is 2. The van der Waals surface area contributed by atoms with E-state index >= 15 is 0 Å². The molecule has 0 fully saturated rings. The van der Waals surface area contributed by atoms with Crippen LogP contribution in [-0.2, 0) is 0 Å². The molecule has 43 heavy (non-hydrogen) atoms. The monoisotopic (exact) mass is 555 g/mol. The van der Waals surface area contributed by atoms with Crippen LogP contribution < -0.4 is 4.90 Å². The molecule has 5 aromatic carbocycles. The highest BCUT2D eigenvalue weighted by Crippen LogP contribution is 2.39. The lowest BCUT2D eigenvalue weighted by Crippen LogP contribution is -2.10. The summed E-state index contributed by atoms with van der Waals surface area (Å²) < 4.78 is 0. The normalized spacial score (nSPS) is 15.8. The van der Waals surface area contributed by atoms with Crippen LogP contribution in [0.1, 0.15) is 42.5 Å². The van der Waals surface area contributed by atoms with Gasteiger partial charge in [-0.25, -0.2) is 4.99 Å². The third-order valence-corrected chi connectivity index (χ3v) is 8.28. The fourth-order valence-corrected chi connectivity index (χ4v) is 6.01. The summed E-state index contributed by atoms with van der Waals surface area (Å²) in [4.78, 5) is 11.7. The number of fused-ring (bicyclic) bond motifs is 10. The molecule has 0 saturated heterocycles. The SMILES string of the molecule is C=NC1=NC(C)c2cccc(c2)-c2cccc(c2)N(c2ccc(C3=CCCC=C3)cc2)c2cccc(c2)-c2cccc1c2. The average molecular weight is 556 g/mol. The van der Waals surface area contributed by atoms with Crippen molar-refractivity contribution < 1.29 is 0 Å². The molecule has 0 radical (unpaired) electrons. The maximum Gasteiger partial charge on any atom is 0.154 e. The molecule has 0 saturated carbocycles. The van der Waals surface area contributed by atoms with Crippen molar-refractivity contribution in [2.24, 2.45) is 9.98 Å². The second-order valence-electron chi connectivity index (χ2n) is 11.1. The first-order valence-electron chi connectivity index (χ1n) is 14.9. The third kappa shape index (κ3) is 5.38. The van der Waals surface area contributed by atoms with E-state index in [1.165, 1.54) is 11.1 Å². The Morgan fingerprint density at radius 1 is 0.628 bits per heavy atom. The van der Waals surface area contributed by atoms with Gasteiger partial charge in [-0.2, -0.15) is 0 Å². The van der Waals surface area contributed by atoms with Gasteiger partial charge in [-0.1, -0.05) is 91.0 Å². The molecule has 0 aromatic heterocycles. The van der Waals surface area contributed by atoms with E-state index < -0.39 is 0 Å². The quantitative estimate of drug-likeness (QED) is 0.199. The smallest absolute Gasteiger partial charge is 0.154 e. The minimum atomic E-state index is -0.0762. The van der Waals surface area contributed by atoms with Gasteiger partial charge >= 0.3 is 0 Å². The van der Waals surface area contributed by atoms with Crippen LogP contribution in [0.2, 0.25) is 0 Å². The van der Waals surface area contributed by atoms with Crippen molar-refractivity contribution in [3.05, 3.63) is 156 Å². The second kappa shape index (κ2) is 11.5. The van der Waals surface area contributed by atoms with Gasteiger partial charge in [0.1, 0.15) is 0 Å². The largest absolute Gasteiger partial charge is 0.310 e. The molecule has 1 unspecified atom stereocenters. The third-order valence-electron chi connectivity index (χ3n) is 8.28. The molecule has 1 heterocycles. The highest BCUT2D eigenvalue weighted by atomic mass is 15.1. The number of nitrogens with zero attached hydrogens (tertiary/aromatic N) is 3. The fraction of sp³-hybridized carbons (Fsp3) is 0.100. The van der Waals surface area contributed by atoms with E-state index in [0.29, 0.717) is 5.84 Å². The van der Waals surface area contributed by atoms with E-state index in [9.17, 15) is 0 Å². The summed E-state index contributed by atoms with van der Waals surface area (Å²) in [6.07, 6.45) is 9.03. The Hall–Kier alpha value is -5.28. The molecular formula is C40H33N3. The number of allylic oxidation sites excluding steroid dienone is 4. The number of amidine groups is 1. The number of benzene rings is 5. The van der Waals surface area contributed by atoms with Crippen LogP contribution in [0.5, 0.6) is 0 Å². The maximum atomic E-state index is 5.00. The van der Waals surface area contributed by atoms with Gasteiger partial charge in [0, 0.05) is 22.6 Å². The maximum absolute atomic E-state index is 5.00. The lowest BCUT2D eigenvalue weighted by Gasteiger charge is -2.27. The molecule has 1 atom stereocenters. The van der Waals surface area contributed by atoms with Crippen LogP contribution in [0.3, 0.4) is 0 Å². The first-order valence-corrected chi connectivity index (χ1v) is 14.9. The number of anilines is 3. The highest BCUT2D eigenvalue weighted by molar-refractivity contribution is 6.02. The first kappa shape index (κ1) is 26.6. The average Bonchev–Trinajstić information content (AvgIpc) is 3.08. The molecule has 3 nitrogen and oxygen atoms in total. The molecular weight excluding hydrogens is 522 g/mol. The molecule has 208 valence electrons. The predicted molar refractivity (Wildman–Crippen MR) is 183 cm³/mol. The Morgan fingerprint density at radius 3 is 1.88 bits per heavy atom.